The van der Waals surface area contributed by atoms with Gasteiger partial charge in [0.2, 0.25) is 5.88 Å². The summed E-state index contributed by atoms with van der Waals surface area (Å²) in [6.07, 6.45) is 1.49. The van der Waals surface area contributed by atoms with Gasteiger partial charge in [-0.2, -0.15) is 4.98 Å². The van der Waals surface area contributed by atoms with Gasteiger partial charge in [0.25, 0.3) is 5.91 Å². The molecule has 0 fully saturated rings. The van der Waals surface area contributed by atoms with Crippen molar-refractivity contribution in [1.82, 2.24) is 9.97 Å². The lowest BCUT2D eigenvalue weighted by atomic mass is 10.1. The van der Waals surface area contributed by atoms with E-state index in [2.05, 4.69) is 15.3 Å². The summed E-state index contributed by atoms with van der Waals surface area (Å²) in [6.45, 7) is 3.52. The molecule has 0 bridgehead atoms. The molecule has 0 aliphatic heterocycles. The molecule has 0 saturated heterocycles. The first kappa shape index (κ1) is 17.5. The maximum absolute atomic E-state index is 12.7. The van der Waals surface area contributed by atoms with Crippen LogP contribution in [-0.4, -0.2) is 30.1 Å². The number of carbonyl (C=O) groups excluding carboxylic acids is 1. The van der Waals surface area contributed by atoms with Gasteiger partial charge in [0, 0.05) is 5.56 Å². The third-order valence-electron chi connectivity index (χ3n) is 3.84. The van der Waals surface area contributed by atoms with Gasteiger partial charge in [-0.25, -0.2) is 4.98 Å². The summed E-state index contributed by atoms with van der Waals surface area (Å²) in [4.78, 5) is 21.4. The Labute approximate surface area is 151 Å². The maximum atomic E-state index is 12.7. The van der Waals surface area contributed by atoms with E-state index in [-0.39, 0.29) is 11.7 Å². The molecule has 3 aromatic rings. The highest BCUT2D eigenvalue weighted by Crippen LogP contribution is 2.33. The molecule has 0 unspecified atom stereocenters. The molecule has 1 amide bonds. The number of nitrogens with one attached hydrogen (secondary N) is 1. The average Bonchev–Trinajstić information content (AvgIpc) is 3.00. The van der Waals surface area contributed by atoms with E-state index < -0.39 is 0 Å². The SMILES string of the molecule is COc1cnc(-c2ccccc2OC)c(NC(=O)c2cc(C)oc2C)n1. The van der Waals surface area contributed by atoms with Crippen molar-refractivity contribution in [3.05, 3.63) is 53.6 Å². The van der Waals surface area contributed by atoms with Gasteiger partial charge < -0.3 is 19.2 Å². The Morgan fingerprint density at radius 1 is 1.15 bits per heavy atom. The molecule has 0 saturated carbocycles. The lowest BCUT2D eigenvalue weighted by Gasteiger charge is -2.13. The molecule has 2 heterocycles. The minimum absolute atomic E-state index is 0.275. The van der Waals surface area contributed by atoms with Crippen molar-refractivity contribution in [2.24, 2.45) is 0 Å². The standard InChI is InChI=1S/C19H19N3O4/c1-11-9-14(12(2)26-11)19(23)22-18-17(20-10-16(21-18)25-4)13-7-5-6-8-15(13)24-3/h5-10H,1-4H3,(H,21,22,23). The summed E-state index contributed by atoms with van der Waals surface area (Å²) < 4.78 is 16.0. The van der Waals surface area contributed by atoms with E-state index in [1.54, 1.807) is 27.0 Å². The number of para-hydroxylation sites is 1. The van der Waals surface area contributed by atoms with Gasteiger partial charge in [-0.05, 0) is 32.0 Å². The molecule has 0 aliphatic carbocycles. The lowest BCUT2D eigenvalue weighted by molar-refractivity contribution is 0.102. The van der Waals surface area contributed by atoms with E-state index in [4.69, 9.17) is 13.9 Å². The van der Waals surface area contributed by atoms with Crippen LogP contribution in [0.25, 0.3) is 11.3 Å². The average molecular weight is 353 g/mol. The quantitative estimate of drug-likeness (QED) is 0.754. The zero-order valence-electron chi connectivity index (χ0n) is 15.0. The fourth-order valence-electron chi connectivity index (χ4n) is 2.63. The zero-order valence-corrected chi connectivity index (χ0v) is 15.0. The summed E-state index contributed by atoms with van der Waals surface area (Å²) in [5.41, 5.74) is 1.63. The van der Waals surface area contributed by atoms with Crippen LogP contribution in [0.1, 0.15) is 21.9 Å². The van der Waals surface area contributed by atoms with Crippen LogP contribution in [0, 0.1) is 13.8 Å². The molecule has 0 radical (unpaired) electrons. The van der Waals surface area contributed by atoms with Crippen molar-refractivity contribution in [2.75, 3.05) is 19.5 Å². The number of carbonyl (C=O) groups is 1. The molecule has 0 spiro atoms. The molecule has 3 rings (SSSR count). The van der Waals surface area contributed by atoms with E-state index in [1.807, 2.05) is 24.3 Å². The van der Waals surface area contributed by atoms with Crippen LogP contribution in [-0.2, 0) is 0 Å². The van der Waals surface area contributed by atoms with Gasteiger partial charge in [-0.15, -0.1) is 0 Å². The summed E-state index contributed by atoms with van der Waals surface area (Å²) in [7, 11) is 3.06. The van der Waals surface area contributed by atoms with Crippen molar-refractivity contribution in [3.8, 4) is 22.9 Å². The number of nitrogens with zero attached hydrogens (tertiary/aromatic N) is 2. The Bertz CT molecular complexity index is 950. The Kier molecular flexibility index (Phi) is 4.88. The van der Waals surface area contributed by atoms with Crippen LogP contribution >= 0.6 is 0 Å². The Hall–Kier alpha value is -3.35. The van der Waals surface area contributed by atoms with Crippen LogP contribution in [0.5, 0.6) is 11.6 Å². The number of ether oxygens (including phenoxy) is 2. The summed E-state index contributed by atoms with van der Waals surface area (Å²) >= 11 is 0. The number of furan rings is 1. The maximum Gasteiger partial charge on any atom is 0.260 e. The first-order valence-corrected chi connectivity index (χ1v) is 7.96. The van der Waals surface area contributed by atoms with Crippen LogP contribution in [0.2, 0.25) is 0 Å². The van der Waals surface area contributed by atoms with E-state index in [9.17, 15) is 4.79 Å². The number of hydrogen-bond acceptors (Lipinski definition) is 6. The van der Waals surface area contributed by atoms with E-state index in [1.165, 1.54) is 13.3 Å². The predicted molar refractivity (Wildman–Crippen MR) is 96.7 cm³/mol. The van der Waals surface area contributed by atoms with Crippen LogP contribution in [0.4, 0.5) is 5.82 Å². The van der Waals surface area contributed by atoms with Crippen molar-refractivity contribution in [2.45, 2.75) is 13.8 Å². The highest BCUT2D eigenvalue weighted by molar-refractivity contribution is 6.06. The van der Waals surface area contributed by atoms with Gasteiger partial charge in [0.05, 0.1) is 26.0 Å². The minimum Gasteiger partial charge on any atom is -0.496 e. The third kappa shape index (κ3) is 3.37. The second-order valence-corrected chi connectivity index (χ2v) is 5.59. The Balaban J connectivity index is 2.05. The fourth-order valence-corrected chi connectivity index (χ4v) is 2.63. The van der Waals surface area contributed by atoms with Crippen molar-refractivity contribution in [1.29, 1.82) is 0 Å². The summed E-state index contributed by atoms with van der Waals surface area (Å²) in [5, 5.41) is 2.80. The van der Waals surface area contributed by atoms with Crippen molar-refractivity contribution < 1.29 is 18.7 Å². The van der Waals surface area contributed by atoms with Crippen LogP contribution in [0.15, 0.2) is 40.9 Å². The summed E-state index contributed by atoms with van der Waals surface area (Å²) in [6, 6.07) is 9.06. The van der Waals surface area contributed by atoms with E-state index >= 15 is 0 Å². The molecular weight excluding hydrogens is 334 g/mol. The molecular formula is C19H19N3O4. The van der Waals surface area contributed by atoms with Gasteiger partial charge >= 0.3 is 0 Å². The number of methoxy groups -OCH3 is 2. The number of aromatic nitrogens is 2. The number of aryl methyl sites for hydroxylation is 2. The second-order valence-electron chi connectivity index (χ2n) is 5.59. The van der Waals surface area contributed by atoms with E-state index in [0.29, 0.717) is 40.0 Å². The predicted octanol–water partition coefficient (Wildman–Crippen LogP) is 3.62. The number of anilines is 1. The fraction of sp³-hybridized carbons (Fsp3) is 0.211. The van der Waals surface area contributed by atoms with Gasteiger partial charge in [0.1, 0.15) is 23.0 Å². The molecule has 1 N–H and O–H groups in total. The number of rotatable bonds is 5. The van der Waals surface area contributed by atoms with Gasteiger partial charge in [0.15, 0.2) is 5.82 Å². The highest BCUT2D eigenvalue weighted by atomic mass is 16.5. The van der Waals surface area contributed by atoms with Crippen molar-refractivity contribution >= 4 is 11.7 Å². The Morgan fingerprint density at radius 2 is 1.92 bits per heavy atom. The number of hydrogen-bond donors (Lipinski definition) is 1. The molecule has 7 nitrogen and oxygen atoms in total. The number of benzene rings is 1. The van der Waals surface area contributed by atoms with Crippen molar-refractivity contribution in [3.63, 3.8) is 0 Å². The largest absolute Gasteiger partial charge is 0.496 e. The van der Waals surface area contributed by atoms with Gasteiger partial charge in [-0.1, -0.05) is 12.1 Å². The summed E-state index contributed by atoms with van der Waals surface area (Å²) in [5.74, 6) is 2.05. The minimum atomic E-state index is -0.335. The molecule has 0 aliphatic rings. The number of amides is 1. The monoisotopic (exact) mass is 353 g/mol. The van der Waals surface area contributed by atoms with Crippen LogP contribution < -0.4 is 14.8 Å². The molecule has 1 aromatic carbocycles. The highest BCUT2D eigenvalue weighted by Gasteiger charge is 2.19. The topological polar surface area (TPSA) is 86.5 Å². The van der Waals surface area contributed by atoms with E-state index in [0.717, 1.165) is 0 Å². The Morgan fingerprint density at radius 3 is 2.58 bits per heavy atom. The first-order valence-electron chi connectivity index (χ1n) is 7.96. The first-order chi connectivity index (χ1) is 12.5. The normalized spacial score (nSPS) is 10.5. The third-order valence-corrected chi connectivity index (χ3v) is 3.84. The molecule has 134 valence electrons. The lowest BCUT2D eigenvalue weighted by Crippen LogP contribution is -2.15. The smallest absolute Gasteiger partial charge is 0.260 e. The molecule has 0 atom stereocenters. The molecule has 26 heavy (non-hydrogen) atoms. The van der Waals surface area contributed by atoms with Gasteiger partial charge in [-0.3, -0.25) is 4.79 Å². The molecule has 2 aromatic heterocycles. The van der Waals surface area contributed by atoms with Crippen LogP contribution in [0.3, 0.4) is 0 Å². The zero-order chi connectivity index (χ0) is 18.7. The molecule has 7 heteroatoms. The second kappa shape index (κ2) is 7.26.